The van der Waals surface area contributed by atoms with E-state index in [1.165, 1.54) is 30.4 Å². The molecule has 0 heterocycles. The summed E-state index contributed by atoms with van der Waals surface area (Å²) in [7, 11) is -4.57. The Labute approximate surface area is 231 Å². The van der Waals surface area contributed by atoms with Crippen LogP contribution in [-0.4, -0.2) is 64.7 Å². The van der Waals surface area contributed by atoms with Crippen LogP contribution in [0.1, 0.15) is 56.8 Å². The van der Waals surface area contributed by atoms with Crippen LogP contribution in [0.15, 0.2) is 53.0 Å². The number of alkyl halides is 1. The fourth-order valence-corrected chi connectivity index (χ4v) is 8.77. The Hall–Kier alpha value is -2.73. The molecule has 9 nitrogen and oxygen atoms in total. The maximum absolute atomic E-state index is 17.3. The Morgan fingerprint density at radius 2 is 1.90 bits per heavy atom. The van der Waals surface area contributed by atoms with Crippen LogP contribution in [-0.2, 0) is 24.4 Å². The molecule has 216 valence electrons. The highest BCUT2D eigenvalue weighted by Crippen LogP contribution is 2.70. The van der Waals surface area contributed by atoms with Crippen molar-refractivity contribution in [3.8, 4) is 0 Å². The molecule has 40 heavy (non-hydrogen) atoms. The molecule has 3 N–H and O–H groups in total. The van der Waals surface area contributed by atoms with Gasteiger partial charge in [-0.15, -0.1) is 0 Å². The van der Waals surface area contributed by atoms with Crippen LogP contribution >= 0.6 is 0 Å². The molecule has 3 saturated carbocycles. The van der Waals surface area contributed by atoms with E-state index in [-0.39, 0.29) is 17.8 Å². The Kier molecular flexibility index (Phi) is 6.58. The number of Topliss-reactive ketones (excluding diaryl/α,β-unsaturated/α-hetero) is 1. The summed E-state index contributed by atoms with van der Waals surface area (Å²) < 4.78 is 54.4. The van der Waals surface area contributed by atoms with Crippen molar-refractivity contribution in [3.63, 3.8) is 0 Å². The van der Waals surface area contributed by atoms with Crippen molar-refractivity contribution >= 4 is 27.7 Å². The molecule has 5 rings (SSSR count). The van der Waals surface area contributed by atoms with Gasteiger partial charge in [-0.05, 0) is 74.8 Å². The quantitative estimate of drug-likeness (QED) is 0.354. The van der Waals surface area contributed by atoms with Crippen molar-refractivity contribution in [3.05, 3.63) is 53.6 Å². The lowest BCUT2D eigenvalue weighted by molar-refractivity contribution is -0.219. The summed E-state index contributed by atoms with van der Waals surface area (Å²) >= 11 is 0. The van der Waals surface area contributed by atoms with E-state index in [9.17, 15) is 37.6 Å². The number of aliphatic hydroxyl groups is 2. The second-order valence-electron chi connectivity index (χ2n) is 12.2. The number of halogens is 1. The third-order valence-corrected chi connectivity index (χ3v) is 11.2. The van der Waals surface area contributed by atoms with E-state index in [2.05, 4.69) is 0 Å². The molecular formula is C29H33FO9S. The van der Waals surface area contributed by atoms with E-state index in [0.717, 1.165) is 12.1 Å². The lowest BCUT2D eigenvalue weighted by atomic mass is 9.44. The summed E-state index contributed by atoms with van der Waals surface area (Å²) in [5.74, 6) is -3.86. The van der Waals surface area contributed by atoms with E-state index in [4.69, 9.17) is 4.74 Å². The van der Waals surface area contributed by atoms with Crippen LogP contribution in [0, 0.1) is 28.6 Å². The topological polar surface area (TPSA) is 155 Å². The third kappa shape index (κ3) is 3.81. The molecule has 4 aliphatic carbocycles. The Morgan fingerprint density at radius 3 is 2.58 bits per heavy atom. The fourth-order valence-electron chi connectivity index (χ4n) is 8.25. The molecule has 1 aromatic rings. The van der Waals surface area contributed by atoms with Crippen LogP contribution in [0.5, 0.6) is 0 Å². The Morgan fingerprint density at radius 1 is 1.20 bits per heavy atom. The molecule has 0 saturated heterocycles. The van der Waals surface area contributed by atoms with Crippen molar-refractivity contribution in [1.82, 2.24) is 0 Å². The maximum Gasteiger partial charge on any atom is 0.338 e. The highest BCUT2D eigenvalue weighted by atomic mass is 32.2. The number of ether oxygens (including phenoxy) is 1. The molecule has 4 aliphatic rings. The minimum atomic E-state index is -4.57. The highest BCUT2D eigenvalue weighted by Gasteiger charge is 2.75. The van der Waals surface area contributed by atoms with E-state index in [0.29, 0.717) is 24.8 Å². The average molecular weight is 577 g/mol. The van der Waals surface area contributed by atoms with Gasteiger partial charge < -0.3 is 14.9 Å². The molecule has 1 aromatic carbocycles. The van der Waals surface area contributed by atoms with E-state index >= 15 is 4.39 Å². The number of benzene rings is 1. The number of carbonyl (C=O) groups excluding carboxylic acids is 3. The first kappa shape index (κ1) is 28.8. The molecule has 0 spiro atoms. The van der Waals surface area contributed by atoms with E-state index in [1.807, 2.05) is 0 Å². The van der Waals surface area contributed by atoms with Crippen molar-refractivity contribution in [2.24, 2.45) is 28.6 Å². The van der Waals surface area contributed by atoms with E-state index < -0.39 is 79.3 Å². The van der Waals surface area contributed by atoms with Gasteiger partial charge in [0.05, 0.1) is 16.6 Å². The molecule has 3 unspecified atom stereocenters. The van der Waals surface area contributed by atoms with Gasteiger partial charge in [0.25, 0.3) is 10.1 Å². The van der Waals surface area contributed by atoms with Crippen molar-refractivity contribution in [2.75, 3.05) is 6.61 Å². The van der Waals surface area contributed by atoms with Gasteiger partial charge >= 0.3 is 5.97 Å². The largest absolute Gasteiger partial charge is 0.454 e. The molecule has 8 atom stereocenters. The number of fused-ring (bicyclic) bond motifs is 5. The van der Waals surface area contributed by atoms with Crippen LogP contribution in [0.25, 0.3) is 0 Å². The summed E-state index contributed by atoms with van der Waals surface area (Å²) in [6.07, 6.45) is 3.64. The molecule has 0 amide bonds. The lowest BCUT2D eigenvalue weighted by Crippen LogP contribution is -2.69. The monoisotopic (exact) mass is 576 g/mol. The first-order valence-corrected chi connectivity index (χ1v) is 14.8. The van der Waals surface area contributed by atoms with Gasteiger partial charge in [0.1, 0.15) is 5.60 Å². The van der Waals surface area contributed by atoms with Gasteiger partial charge in [0, 0.05) is 16.7 Å². The highest BCUT2D eigenvalue weighted by molar-refractivity contribution is 7.85. The number of aliphatic hydroxyl groups excluding tert-OH is 1. The number of esters is 1. The van der Waals surface area contributed by atoms with Gasteiger partial charge in [-0.2, -0.15) is 8.42 Å². The number of hydrogen-bond acceptors (Lipinski definition) is 8. The fraction of sp³-hybridized carbons (Fsp3) is 0.552. The van der Waals surface area contributed by atoms with Crippen molar-refractivity contribution < 1.29 is 46.7 Å². The van der Waals surface area contributed by atoms with Gasteiger partial charge in [-0.25, -0.2) is 9.18 Å². The summed E-state index contributed by atoms with van der Waals surface area (Å²) in [6.45, 7) is 4.22. The molecule has 0 bridgehead atoms. The number of carbonyl (C=O) groups is 3. The second kappa shape index (κ2) is 9.14. The standard InChI is InChI=1S/C29H33FO9S/c1-16-11-22-21-8-7-18-13-19(31)9-10-26(18,2)28(21,30)23(32)14-27(22,3)29(16,35)24(33)15-39-25(34)17-5-4-6-20(12-17)40(36,37)38/h4-6,9-10,12-13,16,21-23,32,35H,7-8,11,14-15H2,1-3H3,(H,36,37,38)/t16-,21?,22?,23-,26-,27-,28?,29-/m0/s1. The van der Waals surface area contributed by atoms with Crippen molar-refractivity contribution in [2.45, 2.75) is 68.7 Å². The summed E-state index contributed by atoms with van der Waals surface area (Å²) in [6, 6.07) is 4.48. The van der Waals surface area contributed by atoms with Crippen molar-refractivity contribution in [1.29, 1.82) is 0 Å². The minimum absolute atomic E-state index is 0.216. The van der Waals surface area contributed by atoms with E-state index in [1.54, 1.807) is 20.8 Å². The third-order valence-electron chi connectivity index (χ3n) is 10.3. The minimum Gasteiger partial charge on any atom is -0.454 e. The molecular weight excluding hydrogens is 543 g/mol. The summed E-state index contributed by atoms with van der Waals surface area (Å²) in [4.78, 5) is 37.7. The Bertz CT molecular complexity index is 1470. The smallest absolute Gasteiger partial charge is 0.338 e. The first-order chi connectivity index (χ1) is 18.5. The molecule has 11 heteroatoms. The molecule has 3 fully saturated rings. The van der Waals surface area contributed by atoms with Gasteiger partial charge in [-0.1, -0.05) is 31.6 Å². The second-order valence-corrected chi connectivity index (χ2v) is 13.6. The van der Waals surface area contributed by atoms with Crippen LogP contribution in [0.3, 0.4) is 0 Å². The zero-order valence-corrected chi connectivity index (χ0v) is 23.3. The SMILES string of the molecule is C[C@H]1CC2C3CCC4=CC(=O)C=C[C@]4(C)C3(F)[C@@H](O)C[C@]2(C)[C@@]1(O)C(=O)COC(=O)c1cccc(S(=O)(=O)O)c1. The van der Waals surface area contributed by atoms with Gasteiger partial charge in [-0.3, -0.25) is 14.1 Å². The van der Waals surface area contributed by atoms with Gasteiger partial charge in [0.2, 0.25) is 5.78 Å². The molecule has 0 radical (unpaired) electrons. The summed E-state index contributed by atoms with van der Waals surface area (Å²) in [5, 5.41) is 23.4. The number of ketones is 2. The zero-order valence-electron chi connectivity index (χ0n) is 22.5. The predicted molar refractivity (Wildman–Crippen MR) is 139 cm³/mol. The normalized spacial score (nSPS) is 40.5. The summed E-state index contributed by atoms with van der Waals surface area (Å²) in [5.41, 5.74) is -6.17. The van der Waals surface area contributed by atoms with Crippen LogP contribution in [0.4, 0.5) is 4.39 Å². The van der Waals surface area contributed by atoms with Crippen LogP contribution in [0.2, 0.25) is 0 Å². The number of hydrogen-bond donors (Lipinski definition) is 3. The molecule has 0 aromatic heterocycles. The number of rotatable bonds is 5. The first-order valence-electron chi connectivity index (χ1n) is 13.3. The number of allylic oxidation sites excluding steroid dienone is 4. The predicted octanol–water partition coefficient (Wildman–Crippen LogP) is 3.01. The Balaban J connectivity index is 1.41. The lowest BCUT2D eigenvalue weighted by Gasteiger charge is -2.62. The maximum atomic E-state index is 17.3. The zero-order chi connectivity index (χ0) is 29.5. The van der Waals surface area contributed by atoms with Crippen LogP contribution < -0.4 is 0 Å². The van der Waals surface area contributed by atoms with Gasteiger partial charge in [0.15, 0.2) is 18.1 Å². The molecule has 0 aliphatic heterocycles. The average Bonchev–Trinajstić information content (AvgIpc) is 3.09.